The molecule has 1 N–H and O–H groups in total. The molecule has 1 aliphatic heterocycles. The molecule has 2 heterocycles. The quantitative estimate of drug-likeness (QED) is 0.914. The van der Waals surface area contributed by atoms with E-state index in [1.807, 2.05) is 24.4 Å². The first kappa shape index (κ1) is 12.3. The van der Waals surface area contributed by atoms with E-state index in [1.165, 1.54) is 11.1 Å². The van der Waals surface area contributed by atoms with Crippen LogP contribution in [0.1, 0.15) is 35.8 Å². The Morgan fingerprint density at radius 1 is 1.21 bits per heavy atom. The van der Waals surface area contributed by atoms with Gasteiger partial charge in [0.2, 0.25) is 0 Å². The molecule has 0 radical (unpaired) electrons. The fraction of sp³-hybridized carbons (Fsp3) is 0.312. The summed E-state index contributed by atoms with van der Waals surface area (Å²) in [7, 11) is 0. The summed E-state index contributed by atoms with van der Waals surface area (Å²) in [6, 6.07) is 14.9. The Morgan fingerprint density at radius 3 is 2.89 bits per heavy atom. The highest BCUT2D eigenvalue weighted by Gasteiger charge is 2.22. The van der Waals surface area contributed by atoms with Crippen LogP contribution in [-0.4, -0.2) is 11.6 Å². The summed E-state index contributed by atoms with van der Waals surface area (Å²) in [6.07, 6.45) is 1.83. The fourth-order valence-corrected chi connectivity index (χ4v) is 2.54. The van der Waals surface area contributed by atoms with E-state index in [9.17, 15) is 0 Å². The van der Waals surface area contributed by atoms with Gasteiger partial charge in [0.1, 0.15) is 0 Å². The summed E-state index contributed by atoms with van der Waals surface area (Å²) in [4.78, 5) is 4.40. The van der Waals surface area contributed by atoms with Crippen LogP contribution in [0.15, 0.2) is 48.7 Å². The lowest BCUT2D eigenvalue weighted by Gasteiger charge is -2.29. The molecule has 2 atom stereocenters. The highest BCUT2D eigenvalue weighted by Crippen LogP contribution is 2.26. The zero-order chi connectivity index (χ0) is 13.1. The minimum absolute atomic E-state index is 0.209. The molecule has 0 fully saturated rings. The largest absolute Gasteiger partial charge is 0.375 e. The fourth-order valence-electron chi connectivity index (χ4n) is 2.54. The van der Waals surface area contributed by atoms with Crippen LogP contribution in [0, 0.1) is 0 Å². The lowest BCUT2D eigenvalue weighted by Crippen LogP contribution is -2.32. The molecule has 0 saturated heterocycles. The standard InChI is InChI=1S/C16H18N2O/c1-12(15-8-4-5-9-17-15)18-16-11-19-10-13-6-2-3-7-14(13)16/h2-9,12,16,18H,10-11H2,1H3/t12-,16?/m0/s1. The van der Waals surface area contributed by atoms with E-state index in [4.69, 9.17) is 4.74 Å². The van der Waals surface area contributed by atoms with Gasteiger partial charge < -0.3 is 4.74 Å². The Hall–Kier alpha value is -1.71. The van der Waals surface area contributed by atoms with Crippen LogP contribution in [0.25, 0.3) is 0 Å². The van der Waals surface area contributed by atoms with Crippen molar-refractivity contribution in [2.75, 3.05) is 6.61 Å². The van der Waals surface area contributed by atoms with Crippen molar-refractivity contribution in [3.05, 3.63) is 65.5 Å². The van der Waals surface area contributed by atoms with E-state index < -0.39 is 0 Å². The number of nitrogens with one attached hydrogen (secondary N) is 1. The predicted molar refractivity (Wildman–Crippen MR) is 74.6 cm³/mol. The van der Waals surface area contributed by atoms with Gasteiger partial charge in [0.25, 0.3) is 0 Å². The summed E-state index contributed by atoms with van der Waals surface area (Å²) < 4.78 is 5.66. The average molecular weight is 254 g/mol. The van der Waals surface area contributed by atoms with Crippen LogP contribution in [0.3, 0.4) is 0 Å². The zero-order valence-electron chi connectivity index (χ0n) is 11.0. The van der Waals surface area contributed by atoms with Crippen LogP contribution >= 0.6 is 0 Å². The Balaban J connectivity index is 1.78. The van der Waals surface area contributed by atoms with Gasteiger partial charge in [-0.05, 0) is 30.2 Å². The monoisotopic (exact) mass is 254 g/mol. The highest BCUT2D eigenvalue weighted by molar-refractivity contribution is 5.31. The van der Waals surface area contributed by atoms with Crippen LogP contribution < -0.4 is 5.32 Å². The first-order valence-electron chi connectivity index (χ1n) is 6.67. The number of rotatable bonds is 3. The first-order chi connectivity index (χ1) is 9.34. The number of fused-ring (bicyclic) bond motifs is 1. The Kier molecular flexibility index (Phi) is 3.58. The molecule has 1 aliphatic rings. The zero-order valence-corrected chi connectivity index (χ0v) is 11.0. The Bertz CT molecular complexity index is 541. The Labute approximate surface area is 113 Å². The van der Waals surface area contributed by atoms with Crippen LogP contribution in [0.4, 0.5) is 0 Å². The Morgan fingerprint density at radius 2 is 2.05 bits per heavy atom. The van der Waals surface area contributed by atoms with Gasteiger partial charge in [0.05, 0.1) is 24.9 Å². The van der Waals surface area contributed by atoms with Crippen LogP contribution in [0.2, 0.25) is 0 Å². The van der Waals surface area contributed by atoms with E-state index >= 15 is 0 Å². The third-order valence-corrected chi connectivity index (χ3v) is 3.56. The second kappa shape index (κ2) is 5.51. The molecule has 0 amide bonds. The maximum atomic E-state index is 5.66. The molecule has 3 rings (SSSR count). The van der Waals surface area contributed by atoms with Crippen molar-refractivity contribution in [3.63, 3.8) is 0 Å². The molecule has 3 nitrogen and oxygen atoms in total. The van der Waals surface area contributed by atoms with E-state index in [-0.39, 0.29) is 12.1 Å². The van der Waals surface area contributed by atoms with Gasteiger partial charge in [-0.25, -0.2) is 0 Å². The molecule has 0 spiro atoms. The van der Waals surface area contributed by atoms with Gasteiger partial charge in [-0.3, -0.25) is 10.3 Å². The number of benzene rings is 1. The van der Waals surface area contributed by atoms with E-state index in [2.05, 4.69) is 41.5 Å². The average Bonchev–Trinajstić information content (AvgIpc) is 2.48. The van der Waals surface area contributed by atoms with E-state index in [0.29, 0.717) is 13.2 Å². The number of ether oxygens (including phenoxy) is 1. The molecule has 1 aromatic carbocycles. The molecule has 0 bridgehead atoms. The maximum absolute atomic E-state index is 5.66. The van der Waals surface area contributed by atoms with Crippen molar-refractivity contribution in [2.24, 2.45) is 0 Å². The number of nitrogens with zero attached hydrogens (tertiary/aromatic N) is 1. The molecule has 1 aromatic heterocycles. The topological polar surface area (TPSA) is 34.1 Å². The second-order valence-electron chi connectivity index (χ2n) is 4.91. The summed E-state index contributed by atoms with van der Waals surface area (Å²) in [5, 5.41) is 3.60. The number of aromatic nitrogens is 1. The molecule has 19 heavy (non-hydrogen) atoms. The lowest BCUT2D eigenvalue weighted by molar-refractivity contribution is 0.0789. The minimum Gasteiger partial charge on any atom is -0.375 e. The molecular formula is C16H18N2O. The molecule has 3 heteroatoms. The van der Waals surface area contributed by atoms with Crippen molar-refractivity contribution in [2.45, 2.75) is 25.6 Å². The number of hydrogen-bond acceptors (Lipinski definition) is 3. The molecule has 0 saturated carbocycles. The van der Waals surface area contributed by atoms with Crippen molar-refractivity contribution < 1.29 is 4.74 Å². The molecule has 2 aromatic rings. The van der Waals surface area contributed by atoms with Crippen molar-refractivity contribution in [1.82, 2.24) is 10.3 Å². The summed E-state index contributed by atoms with van der Waals surface area (Å²) >= 11 is 0. The van der Waals surface area contributed by atoms with E-state index in [0.717, 1.165) is 5.69 Å². The molecular weight excluding hydrogens is 236 g/mol. The van der Waals surface area contributed by atoms with Gasteiger partial charge in [0, 0.05) is 12.2 Å². The summed E-state index contributed by atoms with van der Waals surface area (Å²) in [6.45, 7) is 3.57. The van der Waals surface area contributed by atoms with Crippen molar-refractivity contribution >= 4 is 0 Å². The third-order valence-electron chi connectivity index (χ3n) is 3.56. The lowest BCUT2D eigenvalue weighted by atomic mass is 9.98. The first-order valence-corrected chi connectivity index (χ1v) is 6.67. The summed E-state index contributed by atoms with van der Waals surface area (Å²) in [5.41, 5.74) is 3.68. The smallest absolute Gasteiger partial charge is 0.0721 e. The van der Waals surface area contributed by atoms with Crippen LogP contribution in [-0.2, 0) is 11.3 Å². The third kappa shape index (κ3) is 2.67. The van der Waals surface area contributed by atoms with Crippen molar-refractivity contribution in [3.8, 4) is 0 Å². The second-order valence-corrected chi connectivity index (χ2v) is 4.91. The van der Waals surface area contributed by atoms with E-state index in [1.54, 1.807) is 0 Å². The summed E-state index contributed by atoms with van der Waals surface area (Å²) in [5.74, 6) is 0. The molecule has 1 unspecified atom stereocenters. The highest BCUT2D eigenvalue weighted by atomic mass is 16.5. The predicted octanol–water partition coefficient (Wildman–Crippen LogP) is 3.00. The SMILES string of the molecule is C[C@H](NC1COCc2ccccc21)c1ccccn1. The van der Waals surface area contributed by atoms with Crippen molar-refractivity contribution in [1.29, 1.82) is 0 Å². The van der Waals surface area contributed by atoms with Gasteiger partial charge in [0.15, 0.2) is 0 Å². The number of pyridine rings is 1. The molecule has 98 valence electrons. The minimum atomic E-state index is 0.209. The van der Waals surface area contributed by atoms with Crippen LogP contribution in [0.5, 0.6) is 0 Å². The number of hydrogen-bond donors (Lipinski definition) is 1. The molecule has 0 aliphatic carbocycles. The normalized spacial score (nSPS) is 19.7. The maximum Gasteiger partial charge on any atom is 0.0721 e. The van der Waals surface area contributed by atoms with Gasteiger partial charge >= 0.3 is 0 Å². The van der Waals surface area contributed by atoms with Gasteiger partial charge in [-0.2, -0.15) is 0 Å². The van der Waals surface area contributed by atoms with Gasteiger partial charge in [-0.15, -0.1) is 0 Å². The van der Waals surface area contributed by atoms with Gasteiger partial charge in [-0.1, -0.05) is 30.3 Å².